The molecule has 21 rings (SSSR count). The number of aromatic nitrogens is 11. The van der Waals surface area contributed by atoms with Gasteiger partial charge in [-0.25, -0.2) is 15.0 Å². The van der Waals surface area contributed by atoms with E-state index in [-0.39, 0.29) is 33.6 Å². The van der Waals surface area contributed by atoms with Gasteiger partial charge in [-0.15, -0.1) is 0 Å². The number of nitrogens with zero attached hydrogens (tertiary/aromatic N) is 17. The Labute approximate surface area is 838 Å². The summed E-state index contributed by atoms with van der Waals surface area (Å²) in [6, 6.07) is 39.6. The summed E-state index contributed by atoms with van der Waals surface area (Å²) in [4.78, 5) is 76.2. The van der Waals surface area contributed by atoms with E-state index in [1.54, 1.807) is 67.4 Å². The normalized spacial score (nSPS) is 17.1. The van der Waals surface area contributed by atoms with Crippen LogP contribution < -0.4 is 96.8 Å². The summed E-state index contributed by atoms with van der Waals surface area (Å²) in [7, 11) is 0.109. The quantitative estimate of drug-likeness (QED) is 0.00971. The number of pyridine rings is 5. The molecule has 5 saturated carbocycles. The van der Waals surface area contributed by atoms with E-state index in [1.165, 1.54) is 160 Å². The number of hydrogen-bond donors (Lipinski definition) is 7. The largest absolute Gasteiger partial charge is 0.479 e. The standard InChI is InChI=1S/2C24H28ClN6O2P.C12H12Cl2N3OP.C12H15N3O3.C12H17N3O.C6H5ClN2O3.C6H11N/c2*1-33-22-18(9-10-20(29-22)31-14-24(15-31)11-6-12-24)28-23-26-13-16(25)21(30-23)27-17-7-4-5-8-19(17)34(2,3)32;1-19(2,18)10-6-4-3-5-9(10)16-11-8(13)7-15-12(14)17-11;1-18-11-9(15(16)17)3-4-10(13-11)14-7-12(8-14)5-2-6-12;1-16-11-9(13)3-4-10(14-11)15-7-12(8-15)5-2-6-12;1-12-6-4(9(10)11)2-3-5(7)8-6;1-2-6(3-1)4-7-5-6/h2*4-5,7-10,13H,6,11-12,14-15H2,1-3H3,(H2,26,27,28,30);3-7H,1-2H3,(H,15,16,17);3-4H,2,5-8H2,1H3;3-4H,2,5-8,13H2,1H3;2-3H,1H3;7H,1-5H2. The predicted octanol–water partition coefficient (Wildman–Crippen LogP) is 20.4. The lowest BCUT2D eigenvalue weighted by atomic mass is 9.63. The second-order valence-corrected chi connectivity index (χ2v) is 49.7. The number of benzene rings is 3. The highest BCUT2D eigenvalue weighted by Crippen LogP contribution is 2.54. The number of nitrogen functional groups attached to an aromatic ring is 1. The van der Waals surface area contributed by atoms with Crippen molar-refractivity contribution in [1.82, 2.24) is 60.1 Å². The first kappa shape index (κ1) is 103. The minimum atomic E-state index is -2.50. The van der Waals surface area contributed by atoms with E-state index in [4.69, 9.17) is 92.7 Å². The van der Waals surface area contributed by atoms with E-state index in [9.17, 15) is 33.9 Å². The number of rotatable bonds is 24. The molecule has 5 aliphatic heterocycles. The van der Waals surface area contributed by atoms with E-state index in [2.05, 4.69) is 101 Å². The van der Waals surface area contributed by atoms with Crippen molar-refractivity contribution >= 4 is 193 Å². The molecule has 0 amide bonds. The van der Waals surface area contributed by atoms with Crippen LogP contribution in [0.2, 0.25) is 25.5 Å². The zero-order chi connectivity index (χ0) is 99.7. The molecular formula is C96H116Cl5N24O12P3. The molecule has 3 aromatic carbocycles. The zero-order valence-corrected chi connectivity index (χ0v) is 86.4. The number of hydrogen-bond acceptors (Lipinski definition) is 34. The molecule has 5 aliphatic carbocycles. The SMILES string of the molecule is C1CC2(C1)CNC2.COc1nc(Cl)ccc1[N+](=O)[O-].COc1nc(N2CC3(CCC3)C2)ccc1N.COc1nc(N2CC3(CCC3)C2)ccc1Nc1ncc(Cl)c(Nc2ccccc2P(C)(C)=O)n1.COc1nc(N2CC3(CCC3)C2)ccc1Nc1ncc(Cl)c(Nc2ccccc2P(C)(C)=O)n1.COc1nc(N2CC3(CCC3)C2)ccc1[N+](=O)[O-].CP(C)(=O)c1ccccc1Nc1nc(Cl)ncc1Cl. The van der Waals surface area contributed by atoms with Crippen molar-refractivity contribution in [3.63, 3.8) is 0 Å². The lowest BCUT2D eigenvalue weighted by molar-refractivity contribution is -0.386. The van der Waals surface area contributed by atoms with E-state index < -0.39 is 31.3 Å². The number of para-hydroxylation sites is 3. The molecule has 36 nitrogen and oxygen atoms in total. The Balaban J connectivity index is 0.000000129. The molecule has 8 aromatic heterocycles. The van der Waals surface area contributed by atoms with Gasteiger partial charge in [0.05, 0.1) is 86.7 Å². The van der Waals surface area contributed by atoms with Gasteiger partial charge >= 0.3 is 11.4 Å². The maximum Gasteiger partial charge on any atom is 0.331 e. The van der Waals surface area contributed by atoms with Gasteiger partial charge in [-0.2, -0.15) is 39.9 Å². The monoisotopic (exact) mass is 2060 g/mol. The molecule has 0 atom stereocenters. The maximum absolute atomic E-state index is 12.7. The van der Waals surface area contributed by atoms with Crippen molar-refractivity contribution in [2.45, 2.75) is 96.3 Å². The molecule has 5 spiro atoms. The van der Waals surface area contributed by atoms with Crippen molar-refractivity contribution in [2.24, 2.45) is 27.1 Å². The first-order chi connectivity index (χ1) is 66.8. The van der Waals surface area contributed by atoms with Crippen LogP contribution in [0.15, 0.2) is 152 Å². The van der Waals surface area contributed by atoms with Crippen molar-refractivity contribution in [2.75, 3.05) is 193 Å². The van der Waals surface area contributed by atoms with Crippen LogP contribution in [0.5, 0.6) is 29.4 Å². The number of ether oxygens (including phenoxy) is 5. The molecule has 10 fully saturated rings. The number of nitrogens with one attached hydrogen (secondary N) is 6. The van der Waals surface area contributed by atoms with E-state index >= 15 is 0 Å². The Kier molecular flexibility index (Phi) is 32.0. The predicted molar refractivity (Wildman–Crippen MR) is 559 cm³/mol. The van der Waals surface area contributed by atoms with E-state index in [0.29, 0.717) is 118 Å². The fourth-order valence-electron chi connectivity index (χ4n) is 18.5. The molecule has 11 aromatic rings. The fourth-order valence-corrected chi connectivity index (χ4v) is 22.7. The van der Waals surface area contributed by atoms with Crippen LogP contribution in [-0.4, -0.2) is 206 Å². The summed E-state index contributed by atoms with van der Waals surface area (Å²) in [6.07, 6.45) is 25.0. The van der Waals surface area contributed by atoms with Crippen LogP contribution in [0.1, 0.15) is 96.3 Å². The smallest absolute Gasteiger partial charge is 0.331 e. The van der Waals surface area contributed by atoms with Gasteiger partial charge in [-0.3, -0.25) is 20.2 Å². The van der Waals surface area contributed by atoms with Crippen LogP contribution in [-0.2, 0) is 13.7 Å². The molecule has 0 bridgehead atoms. The minimum Gasteiger partial charge on any atom is -0.479 e. The second kappa shape index (κ2) is 43.6. The second-order valence-electron chi connectivity index (χ2n) is 38.2. The van der Waals surface area contributed by atoms with Crippen LogP contribution in [0.4, 0.5) is 98.1 Å². The molecule has 44 heteroatoms. The minimum absolute atomic E-state index is 0.0764. The third-order valence-electron chi connectivity index (χ3n) is 27.0. The van der Waals surface area contributed by atoms with Crippen LogP contribution >= 0.6 is 79.4 Å². The molecular weight excluding hydrogens is 1950 g/mol. The average molecular weight is 2070 g/mol. The molecule has 140 heavy (non-hydrogen) atoms. The molecule has 5 saturated heterocycles. The highest BCUT2D eigenvalue weighted by molar-refractivity contribution is 7.71. The highest BCUT2D eigenvalue weighted by Gasteiger charge is 2.51. The molecule has 8 N–H and O–H groups in total. The molecule has 742 valence electrons. The molecule has 0 unspecified atom stereocenters. The lowest BCUT2D eigenvalue weighted by Crippen LogP contribution is -2.60. The van der Waals surface area contributed by atoms with Crippen LogP contribution in [0.3, 0.4) is 0 Å². The van der Waals surface area contributed by atoms with Gasteiger partial charge in [0.1, 0.15) is 76.3 Å². The van der Waals surface area contributed by atoms with Crippen molar-refractivity contribution < 1.29 is 47.2 Å². The summed E-state index contributed by atoms with van der Waals surface area (Å²) in [6.45, 7) is 21.6. The molecule has 10 aliphatic rings. The fraction of sp³-hybridized carbons (Fsp3) is 0.427. The third kappa shape index (κ3) is 24.5. The van der Waals surface area contributed by atoms with Gasteiger partial charge in [0, 0.05) is 115 Å². The summed E-state index contributed by atoms with van der Waals surface area (Å²) < 4.78 is 63.5. The topological polar surface area (TPSA) is 437 Å². The third-order valence-corrected chi connectivity index (χ3v) is 32.9. The number of anilines is 15. The van der Waals surface area contributed by atoms with E-state index in [0.717, 1.165) is 97.0 Å². The van der Waals surface area contributed by atoms with Crippen molar-refractivity contribution in [3.8, 4) is 29.4 Å². The Hall–Kier alpha value is -11.5. The maximum atomic E-state index is 12.7. The Morgan fingerprint density at radius 2 is 0.657 bits per heavy atom. The van der Waals surface area contributed by atoms with Crippen molar-refractivity contribution in [3.05, 3.63) is 198 Å². The Morgan fingerprint density at radius 1 is 0.357 bits per heavy atom. The number of methoxy groups -OCH3 is 5. The van der Waals surface area contributed by atoms with Crippen LogP contribution in [0.25, 0.3) is 0 Å². The summed E-state index contributed by atoms with van der Waals surface area (Å²) >= 11 is 30.0. The summed E-state index contributed by atoms with van der Waals surface area (Å²) in [5.41, 5.74) is 12.5. The highest BCUT2D eigenvalue weighted by atomic mass is 35.5. The number of halogens is 5. The summed E-state index contributed by atoms with van der Waals surface area (Å²) in [5.74, 6) is 6.99. The van der Waals surface area contributed by atoms with Gasteiger partial charge < -0.3 is 94.6 Å². The van der Waals surface area contributed by atoms with Gasteiger partial charge in [0.15, 0.2) is 17.5 Å². The van der Waals surface area contributed by atoms with Crippen LogP contribution in [0, 0.1) is 47.3 Å². The lowest BCUT2D eigenvalue weighted by Gasteiger charge is -2.56. The first-order valence-corrected chi connectivity index (χ1v) is 55.7. The average Bonchev–Trinajstić information content (AvgIpc) is 0.753. The van der Waals surface area contributed by atoms with Gasteiger partial charge in [-0.1, -0.05) is 115 Å². The zero-order valence-electron chi connectivity index (χ0n) is 79.9. The first-order valence-electron chi connectivity index (χ1n) is 46.0. The van der Waals surface area contributed by atoms with Gasteiger partial charge in [0.2, 0.25) is 34.8 Å². The van der Waals surface area contributed by atoms with Gasteiger partial charge in [0.25, 0.3) is 11.8 Å². The Morgan fingerprint density at radius 3 is 0.964 bits per heavy atom. The van der Waals surface area contributed by atoms with Crippen molar-refractivity contribution in [1.29, 1.82) is 0 Å². The van der Waals surface area contributed by atoms with Gasteiger partial charge in [-0.05, 0) is 206 Å². The Bertz CT molecular complexity index is 6260. The number of nitrogens with two attached hydrogens (primary N) is 1. The van der Waals surface area contributed by atoms with E-state index in [1.807, 2.05) is 109 Å². The molecule has 0 radical (unpaired) electrons. The number of nitro groups is 2. The summed E-state index contributed by atoms with van der Waals surface area (Å²) in [5, 5.41) is 43.8. The molecule has 13 heterocycles.